The van der Waals surface area contributed by atoms with Gasteiger partial charge in [-0.3, -0.25) is 10.1 Å². The Kier molecular flexibility index (Phi) is 7.02. The predicted molar refractivity (Wildman–Crippen MR) is 125 cm³/mol. The molecular weight excluding hydrogens is 471 g/mol. The van der Waals surface area contributed by atoms with E-state index in [9.17, 15) is 22.8 Å². The van der Waals surface area contributed by atoms with Gasteiger partial charge in [-0.2, -0.15) is 13.2 Å². The molecule has 3 rings (SSSR count). The molecule has 3 aromatic heterocycles. The molecule has 3 heterocycles. The lowest BCUT2D eigenvalue weighted by molar-refractivity contribution is -0.144. The van der Waals surface area contributed by atoms with Crippen LogP contribution in [0.25, 0.3) is 22.6 Å². The lowest BCUT2D eigenvalue weighted by Gasteiger charge is -2.20. The number of alkyl halides is 3. The second kappa shape index (κ2) is 9.32. The maximum atomic E-state index is 13.5. The van der Waals surface area contributed by atoms with Gasteiger partial charge < -0.3 is 13.9 Å². The van der Waals surface area contributed by atoms with Gasteiger partial charge in [0.05, 0.1) is 17.4 Å². The first-order valence-electron chi connectivity index (χ1n) is 10.6. The van der Waals surface area contributed by atoms with Gasteiger partial charge in [0.15, 0.2) is 5.82 Å². The smallest absolute Gasteiger partial charge is 0.431 e. The molecule has 0 atom stereocenters. The summed E-state index contributed by atoms with van der Waals surface area (Å²) in [5.41, 5.74) is -1.74. The Hall–Kier alpha value is -3.02. The number of hydrogen-bond acceptors (Lipinski definition) is 6. The van der Waals surface area contributed by atoms with E-state index in [4.69, 9.17) is 4.74 Å². The lowest BCUT2D eigenvalue weighted by atomic mass is 10.2. The lowest BCUT2D eigenvalue weighted by Crippen LogP contribution is -2.28. The van der Waals surface area contributed by atoms with E-state index >= 15 is 0 Å². The molecule has 8 nitrogen and oxygen atoms in total. The molecule has 3 aromatic rings. The third kappa shape index (κ3) is 5.21. The van der Waals surface area contributed by atoms with Gasteiger partial charge in [-0.05, 0) is 45.6 Å². The molecule has 0 aliphatic rings. The molecule has 0 saturated heterocycles. The van der Waals surface area contributed by atoms with Crippen LogP contribution in [0.3, 0.4) is 0 Å². The van der Waals surface area contributed by atoms with Gasteiger partial charge in [0.25, 0.3) is 5.56 Å². The SMILES string of the molecule is CCSc1cc(NC(=O)OC(C)(C)C)cnc1-c1nc2cc(C(F)(F)F)n(CC)c(=O)c2n1C. The molecule has 1 amide bonds. The molecule has 0 fully saturated rings. The Morgan fingerprint density at radius 3 is 2.44 bits per heavy atom. The average molecular weight is 498 g/mol. The maximum Gasteiger partial charge on any atom is 0.431 e. The second-order valence-corrected chi connectivity index (χ2v) is 9.74. The summed E-state index contributed by atoms with van der Waals surface area (Å²) >= 11 is 1.42. The number of aromatic nitrogens is 4. The van der Waals surface area contributed by atoms with Crippen molar-refractivity contribution in [2.45, 2.75) is 57.8 Å². The van der Waals surface area contributed by atoms with Crippen molar-refractivity contribution in [1.82, 2.24) is 19.1 Å². The average Bonchev–Trinajstić information content (AvgIpc) is 3.03. The number of aryl methyl sites for hydroxylation is 1. The zero-order valence-electron chi connectivity index (χ0n) is 19.7. The number of nitrogens with one attached hydrogen (secondary N) is 1. The normalized spacial score (nSPS) is 12.3. The van der Waals surface area contributed by atoms with E-state index in [1.54, 1.807) is 33.9 Å². The highest BCUT2D eigenvalue weighted by Crippen LogP contribution is 2.34. The molecule has 0 spiro atoms. The molecule has 0 aliphatic carbocycles. The number of amides is 1. The summed E-state index contributed by atoms with van der Waals surface area (Å²) in [5, 5.41) is 2.62. The van der Waals surface area contributed by atoms with Crippen molar-refractivity contribution in [3.63, 3.8) is 0 Å². The zero-order valence-corrected chi connectivity index (χ0v) is 20.5. The largest absolute Gasteiger partial charge is 0.444 e. The van der Waals surface area contributed by atoms with Crippen molar-refractivity contribution in [2.75, 3.05) is 11.1 Å². The van der Waals surface area contributed by atoms with Gasteiger partial charge in [0.2, 0.25) is 0 Å². The number of fused-ring (bicyclic) bond motifs is 1. The number of imidazole rings is 1. The van der Waals surface area contributed by atoms with Crippen LogP contribution >= 0.6 is 11.8 Å². The van der Waals surface area contributed by atoms with Gasteiger partial charge in [-0.15, -0.1) is 11.8 Å². The van der Waals surface area contributed by atoms with Gasteiger partial charge in [-0.25, -0.2) is 14.8 Å². The summed E-state index contributed by atoms with van der Waals surface area (Å²) in [4.78, 5) is 34.4. The van der Waals surface area contributed by atoms with Crippen molar-refractivity contribution in [3.05, 3.63) is 34.4 Å². The van der Waals surface area contributed by atoms with Crippen molar-refractivity contribution < 1.29 is 22.7 Å². The third-order valence-corrected chi connectivity index (χ3v) is 5.66. The van der Waals surface area contributed by atoms with E-state index in [1.165, 1.54) is 29.4 Å². The van der Waals surface area contributed by atoms with Crippen molar-refractivity contribution in [1.29, 1.82) is 0 Å². The first-order valence-corrected chi connectivity index (χ1v) is 11.6. The van der Waals surface area contributed by atoms with Crippen LogP contribution in [0.2, 0.25) is 0 Å². The van der Waals surface area contributed by atoms with E-state index in [0.29, 0.717) is 26.6 Å². The summed E-state index contributed by atoms with van der Waals surface area (Å²) in [7, 11) is 1.56. The molecule has 0 unspecified atom stereocenters. The number of pyridine rings is 2. The van der Waals surface area contributed by atoms with Crippen molar-refractivity contribution in [2.24, 2.45) is 7.05 Å². The molecule has 0 saturated carbocycles. The fourth-order valence-electron chi connectivity index (χ4n) is 3.45. The van der Waals surface area contributed by atoms with Gasteiger partial charge in [-0.1, -0.05) is 6.92 Å². The molecule has 34 heavy (non-hydrogen) atoms. The molecule has 0 aliphatic heterocycles. The Balaban J connectivity index is 2.13. The minimum atomic E-state index is -4.70. The number of rotatable bonds is 5. The summed E-state index contributed by atoms with van der Waals surface area (Å²) in [6.07, 6.45) is -3.93. The zero-order chi connectivity index (χ0) is 25.4. The minimum Gasteiger partial charge on any atom is -0.444 e. The highest BCUT2D eigenvalue weighted by Gasteiger charge is 2.36. The topological polar surface area (TPSA) is 91.0 Å². The molecule has 12 heteroatoms. The number of thioether (sulfide) groups is 1. The highest BCUT2D eigenvalue weighted by atomic mass is 32.2. The number of ether oxygens (including phenoxy) is 1. The van der Waals surface area contributed by atoms with Crippen LogP contribution in [0, 0.1) is 0 Å². The summed E-state index contributed by atoms with van der Waals surface area (Å²) < 4.78 is 48.0. The Morgan fingerprint density at radius 1 is 1.21 bits per heavy atom. The van der Waals surface area contributed by atoms with Gasteiger partial charge in [0.1, 0.15) is 22.5 Å². The van der Waals surface area contributed by atoms with Gasteiger partial charge in [0, 0.05) is 18.5 Å². The Bertz CT molecular complexity index is 1290. The van der Waals surface area contributed by atoms with Crippen LogP contribution < -0.4 is 10.9 Å². The van der Waals surface area contributed by atoms with Crippen LogP contribution in [0.5, 0.6) is 0 Å². The van der Waals surface area contributed by atoms with Crippen molar-refractivity contribution >= 4 is 34.6 Å². The van der Waals surface area contributed by atoms with Crippen LogP contribution in [-0.2, 0) is 24.5 Å². The minimum absolute atomic E-state index is 0.0510. The molecule has 184 valence electrons. The van der Waals surface area contributed by atoms with E-state index in [2.05, 4.69) is 15.3 Å². The van der Waals surface area contributed by atoms with E-state index in [1.807, 2.05) is 6.92 Å². The fraction of sp³-hybridized carbons (Fsp3) is 0.455. The number of halogens is 3. The molecule has 0 aromatic carbocycles. The number of carbonyl (C=O) groups excluding carboxylic acids is 1. The standard InChI is InChI=1S/C22H26F3N5O3S/c1-7-30-15(22(23,24)25)10-13-17(19(30)31)29(6)18(28-13)16-14(34-8-2)9-12(11-26-16)27-20(32)33-21(3,4)5/h9-11H,7-8H2,1-6H3,(H,27,32). The first-order chi connectivity index (χ1) is 15.8. The third-order valence-electron chi connectivity index (χ3n) is 4.75. The van der Waals surface area contributed by atoms with Gasteiger partial charge >= 0.3 is 12.3 Å². The fourth-order valence-corrected chi connectivity index (χ4v) is 4.25. The van der Waals surface area contributed by atoms with E-state index in [0.717, 1.165) is 6.07 Å². The quantitative estimate of drug-likeness (QED) is 0.482. The monoisotopic (exact) mass is 497 g/mol. The highest BCUT2D eigenvalue weighted by molar-refractivity contribution is 7.99. The van der Waals surface area contributed by atoms with Crippen LogP contribution in [0.1, 0.15) is 40.3 Å². The van der Waals surface area contributed by atoms with Crippen LogP contribution in [0.15, 0.2) is 28.0 Å². The summed E-state index contributed by atoms with van der Waals surface area (Å²) in [5.74, 6) is 0.906. The number of nitrogens with zero attached hydrogens (tertiary/aromatic N) is 4. The molecular formula is C22H26F3N5O3S. The number of hydrogen-bond donors (Lipinski definition) is 1. The second-order valence-electron chi connectivity index (χ2n) is 8.44. The molecule has 0 radical (unpaired) electrons. The van der Waals surface area contributed by atoms with Crippen LogP contribution in [0.4, 0.5) is 23.7 Å². The Morgan fingerprint density at radius 2 is 1.88 bits per heavy atom. The summed E-state index contributed by atoms with van der Waals surface area (Å²) in [6.45, 7) is 8.50. The van der Waals surface area contributed by atoms with Crippen molar-refractivity contribution in [3.8, 4) is 11.5 Å². The first kappa shape index (κ1) is 25.6. The number of anilines is 1. The van der Waals surface area contributed by atoms with E-state index in [-0.39, 0.29) is 23.4 Å². The summed E-state index contributed by atoms with van der Waals surface area (Å²) in [6, 6.07) is 2.57. The van der Waals surface area contributed by atoms with E-state index < -0.39 is 29.1 Å². The van der Waals surface area contributed by atoms with Crippen LogP contribution in [-0.4, -0.2) is 36.5 Å². The number of carbonyl (C=O) groups is 1. The maximum absolute atomic E-state index is 13.5. The Labute approximate surface area is 198 Å². The predicted octanol–water partition coefficient (Wildman–Crippen LogP) is 5.29. The molecule has 1 N–H and O–H groups in total. The molecule has 0 bridgehead atoms.